The second kappa shape index (κ2) is 5.81. The number of hydrogen-bond acceptors (Lipinski definition) is 2. The first-order valence-corrected chi connectivity index (χ1v) is 8.43. The smallest absolute Gasteiger partial charge is 0.255 e. The number of anilines is 1. The van der Waals surface area contributed by atoms with Gasteiger partial charge in [0.15, 0.2) is 0 Å². The Balaban J connectivity index is 1.67. The van der Waals surface area contributed by atoms with Gasteiger partial charge in [-0.1, -0.05) is 35.4 Å². The lowest BCUT2D eigenvalue weighted by molar-refractivity contribution is -0.114. The molecule has 3 aromatic rings. The Bertz CT molecular complexity index is 1010. The predicted molar refractivity (Wildman–Crippen MR) is 101 cm³/mol. The first-order chi connectivity index (χ1) is 12.0. The first kappa shape index (κ1) is 15.5. The number of H-pyrrole nitrogens is 1. The van der Waals surface area contributed by atoms with Gasteiger partial charge in [-0.2, -0.15) is 0 Å². The van der Waals surface area contributed by atoms with E-state index in [4.69, 9.17) is 0 Å². The van der Waals surface area contributed by atoms with E-state index in [0.717, 1.165) is 23.3 Å². The maximum absolute atomic E-state index is 12.7. The number of carbonyl (C=O) groups is 1. The third-order valence-corrected chi connectivity index (χ3v) is 4.73. The number of nitrogens with zero attached hydrogens (tertiary/aromatic N) is 1. The van der Waals surface area contributed by atoms with Crippen molar-refractivity contribution in [3.63, 3.8) is 0 Å². The summed E-state index contributed by atoms with van der Waals surface area (Å²) in [4.78, 5) is 17.7. The number of aryl methyl sites for hydroxylation is 2. The lowest BCUT2D eigenvalue weighted by Gasteiger charge is -2.14. The molecule has 4 rings (SSSR count). The van der Waals surface area contributed by atoms with Crippen LogP contribution in [0.15, 0.2) is 48.5 Å². The van der Waals surface area contributed by atoms with Crippen molar-refractivity contribution in [3.05, 3.63) is 70.8 Å². The quantitative estimate of drug-likeness (QED) is 0.544. The summed E-state index contributed by atoms with van der Waals surface area (Å²) in [5.74, 6) is 0.633. The van der Waals surface area contributed by atoms with Gasteiger partial charge >= 0.3 is 0 Å². The summed E-state index contributed by atoms with van der Waals surface area (Å²) in [6.45, 7) is 4.65. The van der Waals surface area contributed by atoms with Gasteiger partial charge < -0.3 is 10.1 Å². The molecule has 1 aliphatic heterocycles. The van der Waals surface area contributed by atoms with Crippen molar-refractivity contribution >= 4 is 28.4 Å². The van der Waals surface area contributed by atoms with E-state index in [1.165, 1.54) is 22.6 Å². The van der Waals surface area contributed by atoms with Crippen LogP contribution in [0.25, 0.3) is 16.7 Å². The van der Waals surface area contributed by atoms with E-state index in [1.807, 2.05) is 31.2 Å². The number of carbonyl (C=O) groups excluding carboxylic acids is 1. The highest BCUT2D eigenvalue weighted by molar-refractivity contribution is 6.07. The fourth-order valence-corrected chi connectivity index (χ4v) is 3.47. The van der Waals surface area contributed by atoms with Gasteiger partial charge in [-0.05, 0) is 38.5 Å². The first-order valence-electron chi connectivity index (χ1n) is 8.43. The molecule has 1 amide bonds. The molecule has 1 aromatic heterocycles. The van der Waals surface area contributed by atoms with Crippen LogP contribution in [0.2, 0.25) is 0 Å². The Morgan fingerprint density at radius 1 is 1.16 bits per heavy atom. The molecule has 1 aliphatic rings. The molecule has 0 saturated heterocycles. The molecule has 2 aromatic carbocycles. The van der Waals surface area contributed by atoms with Crippen LogP contribution in [0.3, 0.4) is 0 Å². The van der Waals surface area contributed by atoms with Gasteiger partial charge in [0.05, 0.1) is 0 Å². The third-order valence-electron chi connectivity index (χ3n) is 4.73. The number of aliphatic hydroxyl groups is 1. The molecule has 2 N–H and O–H groups in total. The molecule has 0 radical (unpaired) electrons. The zero-order valence-electron chi connectivity index (χ0n) is 14.3. The van der Waals surface area contributed by atoms with E-state index in [0.29, 0.717) is 12.1 Å². The monoisotopic (exact) mass is 332 g/mol. The second-order valence-electron chi connectivity index (χ2n) is 6.64. The summed E-state index contributed by atoms with van der Waals surface area (Å²) in [6, 6.07) is 13.7. The Labute approximate surface area is 146 Å². The van der Waals surface area contributed by atoms with Crippen LogP contribution in [0.1, 0.15) is 22.3 Å². The molecule has 0 atom stereocenters. The van der Waals surface area contributed by atoms with Crippen LogP contribution in [0.5, 0.6) is 0 Å². The molecule has 0 aliphatic carbocycles. The molecule has 25 heavy (non-hydrogen) atoms. The van der Waals surface area contributed by atoms with Gasteiger partial charge in [0.1, 0.15) is 11.6 Å². The largest absolute Gasteiger partial charge is 0.507 e. The standard InChI is InChI=1S/C21H20N2O2/c1-13-4-3-5-15(10-13)19(24)12-20(25)23-9-8-16-17-11-14(2)6-7-18(17)22-21(16)23/h3-7,10-12,22,24H,8-9H2,1-2H3/b19-12-. The maximum Gasteiger partial charge on any atom is 0.255 e. The van der Waals surface area contributed by atoms with Gasteiger partial charge in [-0.25, -0.2) is 0 Å². The van der Waals surface area contributed by atoms with E-state index < -0.39 is 0 Å². The summed E-state index contributed by atoms with van der Waals surface area (Å²) >= 11 is 0. The van der Waals surface area contributed by atoms with Gasteiger partial charge in [0.2, 0.25) is 0 Å². The summed E-state index contributed by atoms with van der Waals surface area (Å²) in [5.41, 5.74) is 5.12. The van der Waals surface area contributed by atoms with Crippen LogP contribution < -0.4 is 4.90 Å². The number of amides is 1. The number of hydrogen-bond donors (Lipinski definition) is 2. The van der Waals surface area contributed by atoms with Crippen molar-refractivity contribution in [1.82, 2.24) is 4.98 Å². The van der Waals surface area contributed by atoms with Crippen LogP contribution >= 0.6 is 0 Å². The van der Waals surface area contributed by atoms with Crippen molar-refractivity contribution in [2.24, 2.45) is 0 Å². The van der Waals surface area contributed by atoms with E-state index in [-0.39, 0.29) is 11.7 Å². The average molecular weight is 332 g/mol. The number of fused-ring (bicyclic) bond motifs is 3. The number of aliphatic hydroxyl groups excluding tert-OH is 1. The SMILES string of the molecule is Cc1cccc(/C(O)=C/C(=O)N2CCc3c2[nH]c2ccc(C)cc32)c1. The number of aromatic nitrogens is 1. The zero-order valence-corrected chi connectivity index (χ0v) is 14.3. The molecule has 4 nitrogen and oxygen atoms in total. The number of aromatic amines is 1. The van der Waals surface area contributed by atoms with E-state index in [1.54, 1.807) is 11.0 Å². The van der Waals surface area contributed by atoms with Crippen LogP contribution in [0.4, 0.5) is 5.82 Å². The third kappa shape index (κ3) is 2.70. The Morgan fingerprint density at radius 2 is 1.96 bits per heavy atom. The number of nitrogens with one attached hydrogen (secondary N) is 1. The lowest BCUT2D eigenvalue weighted by Crippen LogP contribution is -2.27. The highest BCUT2D eigenvalue weighted by Gasteiger charge is 2.27. The normalized spacial score (nSPS) is 14.2. The molecule has 0 unspecified atom stereocenters. The van der Waals surface area contributed by atoms with E-state index >= 15 is 0 Å². The van der Waals surface area contributed by atoms with Gasteiger partial charge in [0.25, 0.3) is 5.91 Å². The van der Waals surface area contributed by atoms with Crippen molar-refractivity contribution in [3.8, 4) is 0 Å². The minimum Gasteiger partial charge on any atom is -0.507 e. The topological polar surface area (TPSA) is 56.3 Å². The summed E-state index contributed by atoms with van der Waals surface area (Å²) in [7, 11) is 0. The molecule has 0 spiro atoms. The lowest BCUT2D eigenvalue weighted by atomic mass is 10.1. The fourth-order valence-electron chi connectivity index (χ4n) is 3.47. The van der Waals surface area contributed by atoms with Crippen molar-refractivity contribution in [2.45, 2.75) is 20.3 Å². The highest BCUT2D eigenvalue weighted by atomic mass is 16.3. The average Bonchev–Trinajstić information content (AvgIpc) is 3.14. The number of benzene rings is 2. The summed E-state index contributed by atoms with van der Waals surface area (Å²) in [5, 5.41) is 11.5. The van der Waals surface area contributed by atoms with Crippen LogP contribution in [-0.4, -0.2) is 22.5 Å². The van der Waals surface area contributed by atoms with E-state index in [9.17, 15) is 9.90 Å². The molecule has 126 valence electrons. The van der Waals surface area contributed by atoms with Crippen molar-refractivity contribution in [1.29, 1.82) is 0 Å². The molecule has 0 bridgehead atoms. The summed E-state index contributed by atoms with van der Waals surface area (Å²) in [6.07, 6.45) is 2.13. The van der Waals surface area contributed by atoms with Gasteiger partial charge in [0, 0.05) is 34.7 Å². The zero-order chi connectivity index (χ0) is 17.6. The van der Waals surface area contributed by atoms with Crippen LogP contribution in [0, 0.1) is 13.8 Å². The maximum atomic E-state index is 12.7. The molecule has 4 heteroatoms. The van der Waals surface area contributed by atoms with E-state index in [2.05, 4.69) is 24.0 Å². The van der Waals surface area contributed by atoms with Crippen LogP contribution in [-0.2, 0) is 11.2 Å². The molecule has 2 heterocycles. The molecule has 0 saturated carbocycles. The second-order valence-corrected chi connectivity index (χ2v) is 6.64. The minimum absolute atomic E-state index is 0.00546. The predicted octanol–water partition coefficient (Wildman–Crippen LogP) is 4.27. The Kier molecular flexibility index (Phi) is 3.61. The highest BCUT2D eigenvalue weighted by Crippen LogP contribution is 2.35. The summed E-state index contributed by atoms with van der Waals surface area (Å²) < 4.78 is 0. The molecule has 0 fully saturated rings. The Hall–Kier alpha value is -3.01. The Morgan fingerprint density at radius 3 is 2.76 bits per heavy atom. The molecular weight excluding hydrogens is 312 g/mol. The minimum atomic E-state index is -0.207. The van der Waals surface area contributed by atoms with Crippen molar-refractivity contribution in [2.75, 3.05) is 11.4 Å². The number of rotatable bonds is 2. The molecular formula is C21H20N2O2. The van der Waals surface area contributed by atoms with Crippen molar-refractivity contribution < 1.29 is 9.90 Å². The fraction of sp³-hybridized carbons (Fsp3) is 0.190. The van der Waals surface area contributed by atoms with Gasteiger partial charge in [-0.15, -0.1) is 0 Å². The van der Waals surface area contributed by atoms with Gasteiger partial charge in [-0.3, -0.25) is 9.69 Å².